The first-order valence-corrected chi connectivity index (χ1v) is 11.1. The molecule has 1 aliphatic rings. The Kier molecular flexibility index (Phi) is 6.61. The van der Waals surface area contributed by atoms with E-state index in [1.54, 1.807) is 4.52 Å². The molecule has 0 spiro atoms. The van der Waals surface area contributed by atoms with Crippen molar-refractivity contribution in [3.63, 3.8) is 0 Å². The smallest absolute Gasteiger partial charge is 0.253 e. The summed E-state index contributed by atoms with van der Waals surface area (Å²) in [4.78, 5) is 24.0. The number of benzene rings is 1. The van der Waals surface area contributed by atoms with Crippen LogP contribution in [0.5, 0.6) is 0 Å². The first kappa shape index (κ1) is 20.8. The Morgan fingerprint density at radius 1 is 1.20 bits per heavy atom. The van der Waals surface area contributed by atoms with E-state index in [2.05, 4.69) is 25.3 Å². The molecule has 8 nitrogen and oxygen atoms in total. The van der Waals surface area contributed by atoms with Gasteiger partial charge in [0, 0.05) is 48.9 Å². The number of aryl methyl sites for hydroxylation is 2. The molecule has 3 heterocycles. The van der Waals surface area contributed by atoms with E-state index in [1.165, 1.54) is 11.8 Å². The van der Waals surface area contributed by atoms with Crippen LogP contribution in [0.25, 0.3) is 5.78 Å². The topological polar surface area (TPSA) is 84.7 Å². The average Bonchev–Trinajstić information content (AvgIpc) is 3.16. The number of aromatic nitrogens is 4. The molecule has 4 rings (SSSR count). The van der Waals surface area contributed by atoms with Gasteiger partial charge in [0.05, 0.1) is 13.2 Å². The number of rotatable bonds is 7. The highest BCUT2D eigenvalue weighted by Crippen LogP contribution is 2.22. The first-order chi connectivity index (χ1) is 14.6. The van der Waals surface area contributed by atoms with Crippen LogP contribution >= 0.6 is 11.8 Å². The lowest BCUT2D eigenvalue weighted by molar-refractivity contribution is 0.0383. The van der Waals surface area contributed by atoms with Crippen molar-refractivity contribution < 1.29 is 9.53 Å². The zero-order valence-electron chi connectivity index (χ0n) is 17.3. The van der Waals surface area contributed by atoms with E-state index in [0.29, 0.717) is 28.8 Å². The number of hydrogen-bond donors (Lipinski definition) is 1. The number of nitrogens with zero attached hydrogens (tertiary/aromatic N) is 5. The molecule has 0 bridgehead atoms. The number of fused-ring (bicyclic) bond motifs is 1. The molecule has 0 radical (unpaired) electrons. The van der Waals surface area contributed by atoms with Gasteiger partial charge in [-0.15, -0.1) is 5.10 Å². The van der Waals surface area contributed by atoms with E-state index in [9.17, 15) is 4.79 Å². The highest BCUT2D eigenvalue weighted by atomic mass is 32.2. The number of amides is 1. The molecule has 2 aromatic heterocycles. The lowest BCUT2D eigenvalue weighted by Crippen LogP contribution is -2.41. The molecule has 0 saturated carbocycles. The molecular weight excluding hydrogens is 400 g/mol. The molecule has 9 heteroatoms. The zero-order valence-corrected chi connectivity index (χ0v) is 18.1. The van der Waals surface area contributed by atoms with Crippen LogP contribution in [0, 0.1) is 13.8 Å². The highest BCUT2D eigenvalue weighted by Gasteiger charge is 2.14. The van der Waals surface area contributed by atoms with Crippen molar-refractivity contribution in [3.05, 3.63) is 52.8 Å². The summed E-state index contributed by atoms with van der Waals surface area (Å²) < 4.78 is 7.11. The van der Waals surface area contributed by atoms with Gasteiger partial charge in [-0.3, -0.25) is 9.69 Å². The highest BCUT2D eigenvalue weighted by molar-refractivity contribution is 7.98. The Balaban J connectivity index is 1.38. The van der Waals surface area contributed by atoms with E-state index in [4.69, 9.17) is 4.74 Å². The van der Waals surface area contributed by atoms with Gasteiger partial charge in [0.1, 0.15) is 0 Å². The molecular formula is C21H26N6O2S. The fourth-order valence-corrected chi connectivity index (χ4v) is 4.29. The Morgan fingerprint density at radius 2 is 2.00 bits per heavy atom. The van der Waals surface area contributed by atoms with Gasteiger partial charge in [0.2, 0.25) is 5.16 Å². The summed E-state index contributed by atoms with van der Waals surface area (Å²) in [5.41, 5.74) is 3.58. The van der Waals surface area contributed by atoms with Crippen LogP contribution in [-0.2, 0) is 10.5 Å². The van der Waals surface area contributed by atoms with E-state index >= 15 is 0 Å². The number of carbonyl (C=O) groups excluding carboxylic acids is 1. The van der Waals surface area contributed by atoms with Crippen molar-refractivity contribution in [2.75, 3.05) is 39.4 Å². The van der Waals surface area contributed by atoms with Gasteiger partial charge in [-0.2, -0.15) is 4.98 Å². The molecule has 30 heavy (non-hydrogen) atoms. The SMILES string of the molecule is Cc1cc(C)n2nc(SCc3ccccc3C(=O)NCCN3CCOCC3)nc2n1. The molecule has 158 valence electrons. The molecule has 3 aromatic rings. The largest absolute Gasteiger partial charge is 0.379 e. The van der Waals surface area contributed by atoms with Crippen LogP contribution in [0.2, 0.25) is 0 Å². The lowest BCUT2D eigenvalue weighted by atomic mass is 10.1. The standard InChI is InChI=1S/C21H26N6O2S/c1-15-13-16(2)27-20(23-15)24-21(25-27)30-14-17-5-3-4-6-18(17)19(28)22-7-8-26-9-11-29-12-10-26/h3-6,13H,7-12,14H2,1-2H3,(H,22,28). The van der Waals surface area contributed by atoms with Crippen LogP contribution in [0.15, 0.2) is 35.5 Å². The molecule has 1 aromatic carbocycles. The monoisotopic (exact) mass is 426 g/mol. The van der Waals surface area contributed by atoms with Crippen molar-refractivity contribution >= 4 is 23.4 Å². The molecule has 1 saturated heterocycles. The van der Waals surface area contributed by atoms with Crippen molar-refractivity contribution in [2.45, 2.75) is 24.8 Å². The second-order valence-corrected chi connectivity index (χ2v) is 8.24. The normalized spacial score (nSPS) is 14.9. The summed E-state index contributed by atoms with van der Waals surface area (Å²) in [6.07, 6.45) is 0. The summed E-state index contributed by atoms with van der Waals surface area (Å²) in [5, 5.41) is 8.23. The number of nitrogens with one attached hydrogen (secondary N) is 1. The minimum absolute atomic E-state index is 0.0458. The van der Waals surface area contributed by atoms with Gasteiger partial charge >= 0.3 is 0 Å². The Morgan fingerprint density at radius 3 is 2.83 bits per heavy atom. The maximum Gasteiger partial charge on any atom is 0.253 e. The summed E-state index contributed by atoms with van der Waals surface area (Å²) in [5.74, 6) is 1.17. The maximum absolute atomic E-state index is 12.7. The van der Waals surface area contributed by atoms with Crippen LogP contribution in [0.3, 0.4) is 0 Å². The van der Waals surface area contributed by atoms with Gasteiger partial charge < -0.3 is 10.1 Å². The van der Waals surface area contributed by atoms with Crippen LogP contribution in [-0.4, -0.2) is 69.8 Å². The van der Waals surface area contributed by atoms with E-state index in [0.717, 1.165) is 49.8 Å². The van der Waals surface area contributed by atoms with Crippen molar-refractivity contribution in [3.8, 4) is 0 Å². The lowest BCUT2D eigenvalue weighted by Gasteiger charge is -2.26. The minimum atomic E-state index is -0.0458. The zero-order chi connectivity index (χ0) is 20.9. The average molecular weight is 427 g/mol. The molecule has 1 fully saturated rings. The quantitative estimate of drug-likeness (QED) is 0.579. The predicted octanol–water partition coefficient (Wildman–Crippen LogP) is 2.10. The van der Waals surface area contributed by atoms with Crippen molar-refractivity contribution in [1.29, 1.82) is 0 Å². The van der Waals surface area contributed by atoms with Gasteiger partial charge in [-0.1, -0.05) is 30.0 Å². The number of ether oxygens (including phenoxy) is 1. The molecule has 1 N–H and O–H groups in total. The van der Waals surface area contributed by atoms with Gasteiger partial charge in [0.15, 0.2) is 0 Å². The van der Waals surface area contributed by atoms with Gasteiger partial charge in [0.25, 0.3) is 11.7 Å². The molecule has 0 atom stereocenters. The summed E-state index contributed by atoms with van der Waals surface area (Å²) in [6, 6.07) is 9.67. The fourth-order valence-electron chi connectivity index (χ4n) is 3.47. The first-order valence-electron chi connectivity index (χ1n) is 10.1. The van der Waals surface area contributed by atoms with E-state index in [-0.39, 0.29) is 5.91 Å². The predicted molar refractivity (Wildman–Crippen MR) is 116 cm³/mol. The van der Waals surface area contributed by atoms with Gasteiger partial charge in [-0.05, 0) is 31.5 Å². The van der Waals surface area contributed by atoms with Crippen molar-refractivity contribution in [1.82, 2.24) is 29.8 Å². The van der Waals surface area contributed by atoms with Crippen LogP contribution in [0.4, 0.5) is 0 Å². The molecule has 1 amide bonds. The van der Waals surface area contributed by atoms with Gasteiger partial charge in [-0.25, -0.2) is 9.50 Å². The van der Waals surface area contributed by atoms with Crippen molar-refractivity contribution in [2.24, 2.45) is 0 Å². The second-order valence-electron chi connectivity index (χ2n) is 7.30. The summed E-state index contributed by atoms with van der Waals surface area (Å²) >= 11 is 1.51. The maximum atomic E-state index is 12.7. The third-order valence-electron chi connectivity index (χ3n) is 5.03. The molecule has 0 aliphatic carbocycles. The molecule has 1 aliphatic heterocycles. The summed E-state index contributed by atoms with van der Waals surface area (Å²) in [6.45, 7) is 8.76. The van der Waals surface area contributed by atoms with E-state index in [1.807, 2.05) is 44.2 Å². The number of morpholine rings is 1. The third-order valence-corrected chi connectivity index (χ3v) is 5.92. The number of carbonyl (C=O) groups is 1. The molecule has 0 unspecified atom stereocenters. The Labute approximate surface area is 180 Å². The number of thioether (sulfide) groups is 1. The third kappa shape index (κ3) is 4.97. The fraction of sp³-hybridized carbons (Fsp3) is 0.429. The Bertz CT molecular complexity index is 1030. The van der Waals surface area contributed by atoms with E-state index < -0.39 is 0 Å². The second kappa shape index (κ2) is 9.55. The number of hydrogen-bond acceptors (Lipinski definition) is 7. The minimum Gasteiger partial charge on any atom is -0.379 e. The van der Waals surface area contributed by atoms with Crippen LogP contribution in [0.1, 0.15) is 27.3 Å². The summed E-state index contributed by atoms with van der Waals surface area (Å²) in [7, 11) is 0. The van der Waals surface area contributed by atoms with Crippen LogP contribution < -0.4 is 5.32 Å². The Hall–Kier alpha value is -2.49.